The Hall–Kier alpha value is -1.30. The van der Waals surface area contributed by atoms with Crippen molar-refractivity contribution in [2.45, 2.75) is 27.7 Å². The number of carbonyl (C=O) groups excluding carboxylic acids is 1. The molecule has 0 aromatic heterocycles. The van der Waals surface area contributed by atoms with Gasteiger partial charge in [0.25, 0.3) is 0 Å². The van der Waals surface area contributed by atoms with E-state index in [1.54, 1.807) is 6.92 Å². The molecule has 1 saturated heterocycles. The zero-order valence-corrected chi connectivity index (χ0v) is 13.9. The van der Waals surface area contributed by atoms with E-state index in [1.807, 2.05) is 4.90 Å². The number of nitrogens with one attached hydrogen (secondary N) is 1. The molecule has 1 amide bonds. The van der Waals surface area contributed by atoms with E-state index in [-0.39, 0.29) is 5.91 Å². The second-order valence-electron chi connectivity index (χ2n) is 5.70. The SMILES string of the molecule is CCNC(=NCCOCC(C)C)N1CCN(C(C)=O)CC1. The topological polar surface area (TPSA) is 57.2 Å². The van der Waals surface area contributed by atoms with Crippen molar-refractivity contribution in [3.63, 3.8) is 0 Å². The van der Waals surface area contributed by atoms with Gasteiger partial charge in [0.1, 0.15) is 0 Å². The van der Waals surface area contributed by atoms with Crippen molar-refractivity contribution < 1.29 is 9.53 Å². The number of hydrogen-bond acceptors (Lipinski definition) is 3. The number of rotatable bonds is 6. The van der Waals surface area contributed by atoms with Crippen molar-refractivity contribution in [1.29, 1.82) is 0 Å². The molecule has 0 aromatic rings. The van der Waals surface area contributed by atoms with Crippen molar-refractivity contribution in [2.24, 2.45) is 10.9 Å². The summed E-state index contributed by atoms with van der Waals surface area (Å²) in [5, 5.41) is 3.31. The van der Waals surface area contributed by atoms with Crippen LogP contribution in [-0.4, -0.2) is 74.1 Å². The first-order valence-corrected chi connectivity index (χ1v) is 7.91. The van der Waals surface area contributed by atoms with E-state index in [0.29, 0.717) is 19.1 Å². The maximum absolute atomic E-state index is 11.3. The third-order valence-electron chi connectivity index (χ3n) is 3.31. The molecule has 122 valence electrons. The Kier molecular flexibility index (Phi) is 8.12. The van der Waals surface area contributed by atoms with Gasteiger partial charge < -0.3 is 19.9 Å². The third kappa shape index (κ3) is 6.80. The normalized spacial score (nSPS) is 16.5. The summed E-state index contributed by atoms with van der Waals surface area (Å²) in [7, 11) is 0. The Balaban J connectivity index is 2.40. The summed E-state index contributed by atoms with van der Waals surface area (Å²) in [6, 6.07) is 0. The van der Waals surface area contributed by atoms with Crippen LogP contribution >= 0.6 is 0 Å². The van der Waals surface area contributed by atoms with E-state index in [4.69, 9.17) is 4.74 Å². The zero-order valence-electron chi connectivity index (χ0n) is 13.9. The van der Waals surface area contributed by atoms with Crippen molar-refractivity contribution in [3.8, 4) is 0 Å². The van der Waals surface area contributed by atoms with E-state index in [2.05, 4.69) is 36.0 Å². The molecule has 1 rings (SSSR count). The quantitative estimate of drug-likeness (QED) is 0.447. The number of piperazine rings is 1. The predicted molar refractivity (Wildman–Crippen MR) is 85.5 cm³/mol. The van der Waals surface area contributed by atoms with E-state index >= 15 is 0 Å². The van der Waals surface area contributed by atoms with Crippen LogP contribution in [0.15, 0.2) is 4.99 Å². The fourth-order valence-electron chi connectivity index (χ4n) is 2.19. The molecule has 1 aliphatic heterocycles. The van der Waals surface area contributed by atoms with Crippen LogP contribution in [0.5, 0.6) is 0 Å². The molecular formula is C15H30N4O2. The van der Waals surface area contributed by atoms with Crippen LogP contribution in [0.3, 0.4) is 0 Å². The average Bonchev–Trinajstić information content (AvgIpc) is 2.45. The van der Waals surface area contributed by atoms with Crippen molar-refractivity contribution in [3.05, 3.63) is 0 Å². The average molecular weight is 298 g/mol. The molecule has 0 atom stereocenters. The fourth-order valence-corrected chi connectivity index (χ4v) is 2.19. The molecule has 21 heavy (non-hydrogen) atoms. The van der Waals surface area contributed by atoms with Crippen molar-refractivity contribution in [2.75, 3.05) is 52.5 Å². The van der Waals surface area contributed by atoms with Gasteiger partial charge in [-0.2, -0.15) is 0 Å². The Labute approximate surface area is 128 Å². The smallest absolute Gasteiger partial charge is 0.219 e. The van der Waals surface area contributed by atoms with Crippen LogP contribution in [-0.2, 0) is 9.53 Å². The van der Waals surface area contributed by atoms with E-state index in [0.717, 1.165) is 45.3 Å². The second-order valence-corrected chi connectivity index (χ2v) is 5.70. The lowest BCUT2D eigenvalue weighted by Gasteiger charge is -2.36. The van der Waals surface area contributed by atoms with Gasteiger partial charge in [-0.1, -0.05) is 13.8 Å². The van der Waals surface area contributed by atoms with Crippen molar-refractivity contribution in [1.82, 2.24) is 15.1 Å². The summed E-state index contributed by atoms with van der Waals surface area (Å²) < 4.78 is 5.55. The van der Waals surface area contributed by atoms with Gasteiger partial charge in [-0.15, -0.1) is 0 Å². The number of aliphatic imine (C=N–C) groups is 1. The maximum atomic E-state index is 11.3. The lowest BCUT2D eigenvalue weighted by molar-refractivity contribution is -0.130. The van der Waals surface area contributed by atoms with Gasteiger partial charge in [0.05, 0.1) is 13.2 Å². The molecule has 0 aromatic carbocycles. The molecular weight excluding hydrogens is 268 g/mol. The number of carbonyl (C=O) groups is 1. The molecule has 6 nitrogen and oxygen atoms in total. The minimum Gasteiger partial charge on any atom is -0.379 e. The molecule has 0 spiro atoms. The summed E-state index contributed by atoms with van der Waals surface area (Å²) in [4.78, 5) is 20.0. The molecule has 1 heterocycles. The second kappa shape index (κ2) is 9.60. The van der Waals surface area contributed by atoms with Crippen LogP contribution in [0, 0.1) is 5.92 Å². The monoisotopic (exact) mass is 298 g/mol. The predicted octanol–water partition coefficient (Wildman–Crippen LogP) is 0.789. The fraction of sp³-hybridized carbons (Fsp3) is 0.867. The first-order chi connectivity index (χ1) is 10.0. The highest BCUT2D eigenvalue weighted by Gasteiger charge is 2.20. The van der Waals surface area contributed by atoms with Crippen LogP contribution in [0.2, 0.25) is 0 Å². The maximum Gasteiger partial charge on any atom is 0.219 e. The number of amides is 1. The first kappa shape index (κ1) is 17.8. The third-order valence-corrected chi connectivity index (χ3v) is 3.31. The minimum atomic E-state index is 0.152. The van der Waals surface area contributed by atoms with E-state index in [9.17, 15) is 4.79 Å². The summed E-state index contributed by atoms with van der Waals surface area (Å²) >= 11 is 0. The van der Waals surface area contributed by atoms with E-state index < -0.39 is 0 Å². The number of hydrogen-bond donors (Lipinski definition) is 1. The highest BCUT2D eigenvalue weighted by Crippen LogP contribution is 2.02. The van der Waals surface area contributed by atoms with E-state index in [1.165, 1.54) is 0 Å². The van der Waals surface area contributed by atoms with Crippen LogP contribution in [0.1, 0.15) is 27.7 Å². The Bertz CT molecular complexity index is 337. The molecule has 0 aliphatic carbocycles. The first-order valence-electron chi connectivity index (χ1n) is 7.91. The Morgan fingerprint density at radius 3 is 2.38 bits per heavy atom. The molecule has 0 bridgehead atoms. The minimum absolute atomic E-state index is 0.152. The summed E-state index contributed by atoms with van der Waals surface area (Å²) in [5.74, 6) is 1.63. The van der Waals surface area contributed by atoms with Gasteiger partial charge in [0.2, 0.25) is 5.91 Å². The molecule has 0 saturated carbocycles. The van der Waals surface area contributed by atoms with Crippen LogP contribution in [0.4, 0.5) is 0 Å². The Morgan fingerprint density at radius 2 is 1.86 bits per heavy atom. The lowest BCUT2D eigenvalue weighted by Crippen LogP contribution is -2.53. The van der Waals surface area contributed by atoms with Gasteiger partial charge in [-0.3, -0.25) is 9.79 Å². The van der Waals surface area contributed by atoms with Crippen LogP contribution in [0.25, 0.3) is 0 Å². The standard InChI is InChI=1S/C15H30N4O2/c1-5-16-15(17-6-11-21-12-13(2)3)19-9-7-18(8-10-19)14(4)20/h13H,5-12H2,1-4H3,(H,16,17). The molecule has 1 aliphatic rings. The molecule has 1 fully saturated rings. The largest absolute Gasteiger partial charge is 0.379 e. The van der Waals surface area contributed by atoms with Gasteiger partial charge >= 0.3 is 0 Å². The zero-order chi connectivity index (χ0) is 15.7. The van der Waals surface area contributed by atoms with Gasteiger partial charge in [-0.25, -0.2) is 0 Å². The molecule has 0 radical (unpaired) electrons. The molecule has 1 N–H and O–H groups in total. The number of ether oxygens (including phenoxy) is 1. The number of guanidine groups is 1. The summed E-state index contributed by atoms with van der Waals surface area (Å²) in [6.45, 7) is 14.1. The van der Waals surface area contributed by atoms with Crippen LogP contribution < -0.4 is 5.32 Å². The van der Waals surface area contributed by atoms with Gasteiger partial charge in [0, 0.05) is 46.3 Å². The van der Waals surface area contributed by atoms with Crippen molar-refractivity contribution >= 4 is 11.9 Å². The molecule has 0 unspecified atom stereocenters. The lowest BCUT2D eigenvalue weighted by atomic mass is 10.2. The highest BCUT2D eigenvalue weighted by molar-refractivity contribution is 5.80. The molecule has 6 heteroatoms. The number of nitrogens with zero attached hydrogens (tertiary/aromatic N) is 3. The Morgan fingerprint density at radius 1 is 1.24 bits per heavy atom. The van der Waals surface area contributed by atoms with Gasteiger partial charge in [0.15, 0.2) is 5.96 Å². The van der Waals surface area contributed by atoms with Gasteiger partial charge in [-0.05, 0) is 12.8 Å². The summed E-state index contributed by atoms with van der Waals surface area (Å²) in [5.41, 5.74) is 0. The summed E-state index contributed by atoms with van der Waals surface area (Å²) in [6.07, 6.45) is 0. The highest BCUT2D eigenvalue weighted by atomic mass is 16.5.